The van der Waals surface area contributed by atoms with E-state index in [4.69, 9.17) is 9.51 Å². The van der Waals surface area contributed by atoms with Crippen molar-refractivity contribution in [1.82, 2.24) is 19.6 Å². The molecule has 0 bridgehead atoms. The third-order valence-electron chi connectivity index (χ3n) is 5.16. The van der Waals surface area contributed by atoms with Gasteiger partial charge in [-0.25, -0.2) is 4.98 Å². The molecule has 1 fully saturated rings. The van der Waals surface area contributed by atoms with Gasteiger partial charge in [-0.2, -0.15) is 0 Å². The zero-order valence-electron chi connectivity index (χ0n) is 15.3. The number of aryl methyl sites for hydroxylation is 1. The number of hydrogen-bond donors (Lipinski definition) is 0. The van der Waals surface area contributed by atoms with E-state index in [2.05, 4.69) is 64.1 Å². The quantitative estimate of drug-likeness (QED) is 0.677. The molecule has 1 aliphatic rings. The fourth-order valence-electron chi connectivity index (χ4n) is 3.82. The van der Waals surface area contributed by atoms with E-state index in [1.165, 1.54) is 24.2 Å². The highest BCUT2D eigenvalue weighted by molar-refractivity contribution is 5.17. The highest BCUT2D eigenvalue weighted by atomic mass is 16.5. The highest BCUT2D eigenvalue weighted by Gasteiger charge is 2.25. The summed E-state index contributed by atoms with van der Waals surface area (Å²) in [5, 5.41) is 4.11. The van der Waals surface area contributed by atoms with Crippen LogP contribution in [0.15, 0.2) is 53.3 Å². The van der Waals surface area contributed by atoms with E-state index in [-0.39, 0.29) is 0 Å². The third-order valence-corrected chi connectivity index (χ3v) is 5.16. The predicted molar refractivity (Wildman–Crippen MR) is 101 cm³/mol. The molecular formula is C21H26N4O. The summed E-state index contributed by atoms with van der Waals surface area (Å²) in [6.07, 6.45) is 7.34. The van der Waals surface area contributed by atoms with E-state index in [1.807, 2.05) is 6.20 Å². The van der Waals surface area contributed by atoms with E-state index >= 15 is 0 Å². The van der Waals surface area contributed by atoms with Crippen LogP contribution in [0.25, 0.3) is 0 Å². The molecule has 0 spiro atoms. The first kappa shape index (κ1) is 17.0. The molecule has 0 amide bonds. The second kappa shape index (κ2) is 7.87. The first-order chi connectivity index (χ1) is 12.8. The van der Waals surface area contributed by atoms with Crippen molar-refractivity contribution in [2.24, 2.45) is 0 Å². The van der Waals surface area contributed by atoms with Gasteiger partial charge in [0.15, 0.2) is 5.76 Å². The minimum Gasteiger partial charge on any atom is -0.360 e. The van der Waals surface area contributed by atoms with Crippen LogP contribution < -0.4 is 0 Å². The zero-order valence-corrected chi connectivity index (χ0v) is 15.3. The van der Waals surface area contributed by atoms with Crippen LogP contribution in [0.2, 0.25) is 0 Å². The fourth-order valence-corrected chi connectivity index (χ4v) is 3.82. The summed E-state index contributed by atoms with van der Waals surface area (Å²) >= 11 is 0. The van der Waals surface area contributed by atoms with E-state index in [0.29, 0.717) is 5.92 Å². The summed E-state index contributed by atoms with van der Waals surface area (Å²) in [7, 11) is 0. The van der Waals surface area contributed by atoms with Crippen LogP contribution in [0.4, 0.5) is 0 Å². The van der Waals surface area contributed by atoms with E-state index in [1.54, 1.807) is 0 Å². The van der Waals surface area contributed by atoms with Crippen molar-refractivity contribution in [3.63, 3.8) is 0 Å². The minimum atomic E-state index is 0.469. The molecule has 1 atom stereocenters. The predicted octanol–water partition coefficient (Wildman–Crippen LogP) is 3.86. The van der Waals surface area contributed by atoms with E-state index < -0.39 is 0 Å². The molecule has 0 aliphatic carbocycles. The van der Waals surface area contributed by atoms with E-state index in [9.17, 15) is 0 Å². The second-order valence-electron chi connectivity index (χ2n) is 7.11. The average molecular weight is 350 g/mol. The van der Waals surface area contributed by atoms with Crippen molar-refractivity contribution in [3.05, 3.63) is 71.6 Å². The lowest BCUT2D eigenvalue weighted by molar-refractivity contribution is 0.176. The van der Waals surface area contributed by atoms with Gasteiger partial charge in [0.25, 0.3) is 0 Å². The van der Waals surface area contributed by atoms with Gasteiger partial charge in [-0.05, 0) is 31.4 Å². The normalized spacial score (nSPS) is 18.3. The Morgan fingerprint density at radius 2 is 2.08 bits per heavy atom. The molecule has 3 heterocycles. The molecule has 5 nitrogen and oxygen atoms in total. The van der Waals surface area contributed by atoms with Gasteiger partial charge >= 0.3 is 0 Å². The van der Waals surface area contributed by atoms with Gasteiger partial charge in [0, 0.05) is 37.5 Å². The van der Waals surface area contributed by atoms with Crippen molar-refractivity contribution in [1.29, 1.82) is 0 Å². The minimum absolute atomic E-state index is 0.469. The summed E-state index contributed by atoms with van der Waals surface area (Å²) in [6, 6.07) is 12.7. The Morgan fingerprint density at radius 1 is 1.19 bits per heavy atom. The Kier molecular flexibility index (Phi) is 5.16. The Bertz CT molecular complexity index is 823. The molecule has 3 aromatic rings. The van der Waals surface area contributed by atoms with Gasteiger partial charge in [0.05, 0.1) is 12.2 Å². The molecule has 0 radical (unpaired) electrons. The van der Waals surface area contributed by atoms with Crippen LogP contribution >= 0.6 is 0 Å². The summed E-state index contributed by atoms with van der Waals surface area (Å²) in [5.41, 5.74) is 2.35. The lowest BCUT2D eigenvalue weighted by atomic mass is 9.97. The maximum atomic E-state index is 5.47. The molecule has 5 heteroatoms. The highest BCUT2D eigenvalue weighted by Crippen LogP contribution is 2.27. The Hall–Kier alpha value is -2.40. The maximum Gasteiger partial charge on any atom is 0.150 e. The second-order valence-corrected chi connectivity index (χ2v) is 7.11. The number of piperidine rings is 1. The van der Waals surface area contributed by atoms with Crippen LogP contribution in [0.3, 0.4) is 0 Å². The van der Waals surface area contributed by atoms with Crippen molar-refractivity contribution in [2.45, 2.75) is 45.2 Å². The number of rotatable bonds is 6. The molecule has 2 aromatic heterocycles. The Morgan fingerprint density at radius 3 is 2.88 bits per heavy atom. The molecule has 0 N–H and O–H groups in total. The third kappa shape index (κ3) is 3.88. The molecule has 26 heavy (non-hydrogen) atoms. The van der Waals surface area contributed by atoms with Gasteiger partial charge in [0.2, 0.25) is 0 Å². The van der Waals surface area contributed by atoms with Gasteiger partial charge in [-0.15, -0.1) is 0 Å². The van der Waals surface area contributed by atoms with Gasteiger partial charge in [-0.1, -0.05) is 42.4 Å². The van der Waals surface area contributed by atoms with Crippen LogP contribution in [-0.4, -0.2) is 32.7 Å². The number of benzene rings is 1. The van der Waals surface area contributed by atoms with Gasteiger partial charge in [0.1, 0.15) is 5.82 Å². The number of aromatic nitrogens is 3. The standard InChI is InChI=1S/C21H26N4O/c1-2-19-13-20(26-23-19)16-24-11-6-9-18(15-24)21-22-10-12-25(21)14-17-7-4-3-5-8-17/h3-5,7-8,10,12-13,18H,2,6,9,11,14-16H2,1H3/t18-/m0/s1. The molecule has 0 unspecified atom stereocenters. The maximum absolute atomic E-state index is 5.47. The van der Waals surface area contributed by atoms with Crippen molar-refractivity contribution in [3.8, 4) is 0 Å². The largest absolute Gasteiger partial charge is 0.360 e. The summed E-state index contributed by atoms with van der Waals surface area (Å²) in [4.78, 5) is 7.16. The van der Waals surface area contributed by atoms with E-state index in [0.717, 1.165) is 44.1 Å². The number of likely N-dealkylation sites (tertiary alicyclic amines) is 1. The molecule has 136 valence electrons. The van der Waals surface area contributed by atoms with Gasteiger partial charge in [-0.3, -0.25) is 4.90 Å². The monoisotopic (exact) mass is 350 g/mol. The number of hydrogen-bond acceptors (Lipinski definition) is 4. The van der Waals surface area contributed by atoms with Crippen LogP contribution in [-0.2, 0) is 19.5 Å². The SMILES string of the molecule is CCc1cc(CN2CCC[C@H](c3nccn3Cc3ccccc3)C2)on1. The molecule has 4 rings (SSSR count). The topological polar surface area (TPSA) is 47.1 Å². The molecule has 1 aliphatic heterocycles. The Balaban J connectivity index is 1.44. The summed E-state index contributed by atoms with van der Waals surface area (Å²) in [6.45, 7) is 5.95. The van der Waals surface area contributed by atoms with Crippen molar-refractivity contribution in [2.75, 3.05) is 13.1 Å². The first-order valence-corrected chi connectivity index (χ1v) is 9.53. The number of imidazole rings is 1. The molecule has 0 saturated carbocycles. The Labute approximate surface area is 154 Å². The van der Waals surface area contributed by atoms with Crippen LogP contribution in [0.1, 0.15) is 48.5 Å². The molecule has 1 aromatic carbocycles. The van der Waals surface area contributed by atoms with Crippen LogP contribution in [0, 0.1) is 0 Å². The molecular weight excluding hydrogens is 324 g/mol. The molecule has 1 saturated heterocycles. The first-order valence-electron chi connectivity index (χ1n) is 9.53. The summed E-state index contributed by atoms with van der Waals surface area (Å²) in [5.74, 6) is 2.64. The fraction of sp³-hybridized carbons (Fsp3) is 0.429. The smallest absolute Gasteiger partial charge is 0.150 e. The summed E-state index contributed by atoms with van der Waals surface area (Å²) < 4.78 is 7.77. The zero-order chi connectivity index (χ0) is 17.8. The van der Waals surface area contributed by atoms with Crippen molar-refractivity contribution >= 4 is 0 Å². The van der Waals surface area contributed by atoms with Crippen molar-refractivity contribution < 1.29 is 4.52 Å². The lowest BCUT2D eigenvalue weighted by Crippen LogP contribution is -2.34. The lowest BCUT2D eigenvalue weighted by Gasteiger charge is -2.31. The average Bonchev–Trinajstić information content (AvgIpc) is 3.32. The number of nitrogens with zero attached hydrogens (tertiary/aromatic N) is 4. The van der Waals surface area contributed by atoms with Gasteiger partial charge < -0.3 is 9.09 Å². The van der Waals surface area contributed by atoms with Crippen LogP contribution in [0.5, 0.6) is 0 Å².